The van der Waals surface area contributed by atoms with E-state index in [1.807, 2.05) is 12.1 Å². The van der Waals surface area contributed by atoms with Gasteiger partial charge in [-0.05, 0) is 59.1 Å². The van der Waals surface area contributed by atoms with E-state index < -0.39 is 0 Å². The van der Waals surface area contributed by atoms with Crippen LogP contribution in [-0.2, 0) is 11.3 Å². The minimum atomic E-state index is -0.388. The third kappa shape index (κ3) is 4.76. The highest BCUT2D eigenvalue weighted by Gasteiger charge is 2.34. The van der Waals surface area contributed by atoms with E-state index in [1.54, 1.807) is 17.0 Å². The summed E-state index contributed by atoms with van der Waals surface area (Å²) in [6.45, 7) is 0.0150. The number of aromatic nitrogens is 2. The van der Waals surface area contributed by atoms with E-state index >= 15 is 0 Å². The van der Waals surface area contributed by atoms with Crippen LogP contribution in [0.15, 0.2) is 51.4 Å². The Bertz CT molecular complexity index is 1040. The number of halogens is 3. The van der Waals surface area contributed by atoms with Crippen molar-refractivity contribution in [2.45, 2.75) is 25.4 Å². The van der Waals surface area contributed by atoms with Crippen LogP contribution in [0, 0.1) is 5.82 Å². The average molecular weight is 481 g/mol. The number of hydrogen-bond donors (Lipinski definition) is 0. The summed E-state index contributed by atoms with van der Waals surface area (Å²) < 4.78 is 24.9. The topological polar surface area (TPSA) is 68.5 Å². The first-order chi connectivity index (χ1) is 14.0. The van der Waals surface area contributed by atoms with Gasteiger partial charge in [-0.25, -0.2) is 4.39 Å². The molecule has 9 heteroatoms. The summed E-state index contributed by atoms with van der Waals surface area (Å²) in [6, 6.07) is 11.3. The van der Waals surface area contributed by atoms with Gasteiger partial charge in [-0.3, -0.25) is 4.79 Å². The third-order valence-electron chi connectivity index (χ3n) is 4.43. The molecule has 1 saturated carbocycles. The molecule has 1 amide bonds. The number of benzene rings is 2. The maximum atomic E-state index is 13.2. The lowest BCUT2D eigenvalue weighted by atomic mass is 10.2. The van der Waals surface area contributed by atoms with Gasteiger partial charge in [0.1, 0.15) is 11.6 Å². The van der Waals surface area contributed by atoms with Crippen molar-refractivity contribution in [3.8, 4) is 17.2 Å². The number of carbonyl (C=O) groups excluding carboxylic acids is 1. The summed E-state index contributed by atoms with van der Waals surface area (Å²) in [6.07, 6.45) is 1.83. The van der Waals surface area contributed by atoms with E-state index in [0.717, 1.165) is 12.8 Å². The SMILES string of the molecule is O=C(COc1ccc(F)cc1Br)N(Cc1nnc(-c2ccccc2Cl)o1)C1CC1. The van der Waals surface area contributed by atoms with Gasteiger partial charge in [0.25, 0.3) is 5.91 Å². The number of amides is 1. The Labute approximate surface area is 179 Å². The Morgan fingerprint density at radius 2 is 2.07 bits per heavy atom. The minimum Gasteiger partial charge on any atom is -0.483 e. The number of carbonyl (C=O) groups is 1. The minimum absolute atomic E-state index is 0.124. The molecule has 4 rings (SSSR count). The molecule has 29 heavy (non-hydrogen) atoms. The van der Waals surface area contributed by atoms with Crippen molar-refractivity contribution in [3.63, 3.8) is 0 Å². The molecule has 0 spiro atoms. The van der Waals surface area contributed by atoms with Crippen LogP contribution in [0.1, 0.15) is 18.7 Å². The van der Waals surface area contributed by atoms with Crippen molar-refractivity contribution in [2.75, 3.05) is 6.61 Å². The normalized spacial score (nSPS) is 13.3. The standard InChI is InChI=1S/C20H16BrClFN3O3/c21-15-9-12(23)5-8-17(15)28-11-19(27)26(13-6-7-13)10-18-24-25-20(29-18)14-3-1-2-4-16(14)22/h1-5,8-9,13H,6-7,10-11H2. The van der Waals surface area contributed by atoms with Gasteiger partial charge in [-0.1, -0.05) is 23.7 Å². The summed E-state index contributed by atoms with van der Waals surface area (Å²) in [5, 5.41) is 8.60. The van der Waals surface area contributed by atoms with Crippen LogP contribution in [-0.4, -0.2) is 33.7 Å². The van der Waals surface area contributed by atoms with Gasteiger partial charge >= 0.3 is 0 Å². The Kier molecular flexibility index (Phi) is 5.82. The maximum Gasteiger partial charge on any atom is 0.261 e. The Morgan fingerprint density at radius 1 is 1.28 bits per heavy atom. The smallest absolute Gasteiger partial charge is 0.261 e. The lowest BCUT2D eigenvalue weighted by molar-refractivity contribution is -0.134. The van der Waals surface area contributed by atoms with Gasteiger partial charge in [0.15, 0.2) is 6.61 Å². The highest BCUT2D eigenvalue weighted by atomic mass is 79.9. The Hall–Kier alpha value is -2.45. The molecule has 1 aliphatic carbocycles. The van der Waals surface area contributed by atoms with Crippen LogP contribution in [0.4, 0.5) is 4.39 Å². The Morgan fingerprint density at radius 3 is 2.79 bits per heavy atom. The molecule has 1 fully saturated rings. The van der Waals surface area contributed by atoms with Crippen molar-refractivity contribution in [2.24, 2.45) is 0 Å². The number of hydrogen-bond acceptors (Lipinski definition) is 5. The van der Waals surface area contributed by atoms with Crippen LogP contribution in [0.3, 0.4) is 0 Å². The molecule has 0 radical (unpaired) electrons. The number of nitrogens with zero attached hydrogens (tertiary/aromatic N) is 3. The van der Waals surface area contributed by atoms with Crippen LogP contribution < -0.4 is 4.74 Å². The van der Waals surface area contributed by atoms with E-state index in [0.29, 0.717) is 32.6 Å². The van der Waals surface area contributed by atoms with Crippen molar-refractivity contribution < 1.29 is 18.3 Å². The number of ether oxygens (including phenoxy) is 1. The van der Waals surface area contributed by atoms with Gasteiger partial charge in [0, 0.05) is 6.04 Å². The summed E-state index contributed by atoms with van der Waals surface area (Å²) in [7, 11) is 0. The summed E-state index contributed by atoms with van der Waals surface area (Å²) in [5.74, 6) is 0.430. The zero-order valence-electron chi connectivity index (χ0n) is 15.1. The largest absolute Gasteiger partial charge is 0.483 e. The van der Waals surface area contributed by atoms with E-state index in [9.17, 15) is 9.18 Å². The zero-order valence-corrected chi connectivity index (χ0v) is 17.5. The van der Waals surface area contributed by atoms with Gasteiger partial charge in [0.2, 0.25) is 11.8 Å². The molecular formula is C20H16BrClFN3O3. The number of rotatable bonds is 7. The van der Waals surface area contributed by atoms with Crippen molar-refractivity contribution in [1.29, 1.82) is 0 Å². The molecule has 0 unspecified atom stereocenters. The van der Waals surface area contributed by atoms with Crippen LogP contribution in [0.25, 0.3) is 11.5 Å². The summed E-state index contributed by atoms with van der Waals surface area (Å²) in [4.78, 5) is 14.4. The van der Waals surface area contributed by atoms with Crippen molar-refractivity contribution in [1.82, 2.24) is 15.1 Å². The molecule has 1 aliphatic rings. The molecule has 0 N–H and O–H groups in total. The summed E-state index contributed by atoms with van der Waals surface area (Å²) >= 11 is 9.40. The van der Waals surface area contributed by atoms with E-state index in [1.165, 1.54) is 18.2 Å². The van der Waals surface area contributed by atoms with Gasteiger partial charge in [-0.2, -0.15) is 0 Å². The first-order valence-electron chi connectivity index (χ1n) is 8.96. The fourth-order valence-electron chi connectivity index (χ4n) is 2.83. The molecule has 6 nitrogen and oxygen atoms in total. The maximum absolute atomic E-state index is 13.2. The predicted octanol–water partition coefficient (Wildman–Crippen LogP) is 4.86. The Balaban J connectivity index is 1.43. The molecular weight excluding hydrogens is 465 g/mol. The highest BCUT2D eigenvalue weighted by Crippen LogP contribution is 2.31. The molecule has 1 aromatic heterocycles. The van der Waals surface area contributed by atoms with E-state index in [4.69, 9.17) is 20.8 Å². The van der Waals surface area contributed by atoms with Crippen molar-refractivity contribution in [3.05, 3.63) is 63.7 Å². The second-order valence-corrected chi connectivity index (χ2v) is 7.86. The van der Waals surface area contributed by atoms with Crippen LogP contribution >= 0.6 is 27.5 Å². The molecule has 0 bridgehead atoms. The van der Waals surface area contributed by atoms with E-state index in [-0.39, 0.29) is 30.9 Å². The zero-order chi connectivity index (χ0) is 20.4. The van der Waals surface area contributed by atoms with Gasteiger partial charge in [0.05, 0.1) is 21.6 Å². The first kappa shape index (κ1) is 19.8. The second-order valence-electron chi connectivity index (χ2n) is 6.60. The predicted molar refractivity (Wildman–Crippen MR) is 108 cm³/mol. The second kappa shape index (κ2) is 8.51. The van der Waals surface area contributed by atoms with Gasteiger partial charge < -0.3 is 14.1 Å². The van der Waals surface area contributed by atoms with Crippen LogP contribution in [0.5, 0.6) is 5.75 Å². The molecule has 0 atom stereocenters. The lowest BCUT2D eigenvalue weighted by Gasteiger charge is -2.20. The fraction of sp³-hybridized carbons (Fsp3) is 0.250. The molecule has 1 heterocycles. The first-order valence-corrected chi connectivity index (χ1v) is 10.1. The van der Waals surface area contributed by atoms with Gasteiger partial charge in [-0.15, -0.1) is 10.2 Å². The monoisotopic (exact) mass is 479 g/mol. The quantitative estimate of drug-likeness (QED) is 0.483. The highest BCUT2D eigenvalue weighted by molar-refractivity contribution is 9.10. The fourth-order valence-corrected chi connectivity index (χ4v) is 3.51. The average Bonchev–Trinajstić information content (AvgIpc) is 3.43. The summed E-state index contributed by atoms with van der Waals surface area (Å²) in [5.41, 5.74) is 0.640. The lowest BCUT2D eigenvalue weighted by Crippen LogP contribution is -2.36. The molecule has 2 aromatic carbocycles. The molecule has 150 valence electrons. The molecule has 0 saturated heterocycles. The molecule has 3 aromatic rings. The molecule has 0 aliphatic heterocycles. The third-order valence-corrected chi connectivity index (χ3v) is 5.38. The van der Waals surface area contributed by atoms with Crippen molar-refractivity contribution >= 4 is 33.4 Å². The van der Waals surface area contributed by atoms with Crippen LogP contribution in [0.2, 0.25) is 5.02 Å². The van der Waals surface area contributed by atoms with E-state index in [2.05, 4.69) is 26.1 Å².